The first-order chi connectivity index (χ1) is 6.74. The highest BCUT2D eigenvalue weighted by Gasteiger charge is 2.15. The van der Waals surface area contributed by atoms with E-state index < -0.39 is 0 Å². The van der Waals surface area contributed by atoms with Crippen LogP contribution in [0.15, 0.2) is 30.3 Å². The standard InChI is InChI=1S/C11H15NO2/c1-2-6-11(9-12(13)14)10-7-4-3-5-8-10/h3-5,7-8,11H,2,6,9H2,1H3/t11-/m0/s1. The molecule has 0 radical (unpaired) electrons. The van der Waals surface area contributed by atoms with Gasteiger partial charge in [0, 0.05) is 10.8 Å². The average molecular weight is 193 g/mol. The van der Waals surface area contributed by atoms with Crippen molar-refractivity contribution in [2.75, 3.05) is 6.54 Å². The zero-order valence-electron chi connectivity index (χ0n) is 8.35. The van der Waals surface area contributed by atoms with Crippen molar-refractivity contribution in [2.45, 2.75) is 25.7 Å². The Hall–Kier alpha value is -1.38. The van der Waals surface area contributed by atoms with Crippen molar-refractivity contribution < 1.29 is 4.92 Å². The molecule has 0 unspecified atom stereocenters. The van der Waals surface area contributed by atoms with E-state index in [-0.39, 0.29) is 17.4 Å². The lowest BCUT2D eigenvalue weighted by molar-refractivity contribution is -0.483. The van der Waals surface area contributed by atoms with Gasteiger partial charge in [-0.3, -0.25) is 10.1 Å². The van der Waals surface area contributed by atoms with Crippen molar-refractivity contribution in [1.82, 2.24) is 0 Å². The van der Waals surface area contributed by atoms with Gasteiger partial charge in [0.25, 0.3) is 0 Å². The predicted octanol–water partition coefficient (Wildman–Crippen LogP) is 2.85. The summed E-state index contributed by atoms with van der Waals surface area (Å²) in [4.78, 5) is 10.2. The van der Waals surface area contributed by atoms with Crippen LogP contribution in [0.25, 0.3) is 0 Å². The van der Waals surface area contributed by atoms with Crippen LogP contribution < -0.4 is 0 Å². The van der Waals surface area contributed by atoms with E-state index in [2.05, 4.69) is 6.92 Å². The second-order valence-electron chi connectivity index (χ2n) is 3.41. The fourth-order valence-electron chi connectivity index (χ4n) is 1.62. The van der Waals surface area contributed by atoms with Crippen LogP contribution in [-0.4, -0.2) is 11.5 Å². The molecule has 0 heterocycles. The number of rotatable bonds is 5. The number of benzene rings is 1. The molecule has 0 aromatic heterocycles. The molecule has 0 saturated carbocycles. The summed E-state index contributed by atoms with van der Waals surface area (Å²) in [5.41, 5.74) is 1.08. The smallest absolute Gasteiger partial charge is 0.210 e. The van der Waals surface area contributed by atoms with Gasteiger partial charge < -0.3 is 0 Å². The molecule has 0 aliphatic heterocycles. The van der Waals surface area contributed by atoms with Gasteiger partial charge in [0.15, 0.2) is 0 Å². The van der Waals surface area contributed by atoms with Gasteiger partial charge in [0.2, 0.25) is 6.54 Å². The maximum Gasteiger partial charge on any atom is 0.210 e. The highest BCUT2D eigenvalue weighted by Crippen LogP contribution is 2.20. The van der Waals surface area contributed by atoms with Crippen LogP contribution in [0.4, 0.5) is 0 Å². The summed E-state index contributed by atoms with van der Waals surface area (Å²) in [6, 6.07) is 9.71. The quantitative estimate of drug-likeness (QED) is 0.533. The molecule has 0 spiro atoms. The van der Waals surface area contributed by atoms with E-state index in [0.29, 0.717) is 0 Å². The molecule has 0 saturated heterocycles. The third-order valence-electron chi connectivity index (χ3n) is 2.28. The third kappa shape index (κ3) is 3.17. The summed E-state index contributed by atoms with van der Waals surface area (Å²) in [7, 11) is 0. The van der Waals surface area contributed by atoms with Gasteiger partial charge in [-0.1, -0.05) is 43.7 Å². The van der Waals surface area contributed by atoms with Crippen molar-refractivity contribution in [1.29, 1.82) is 0 Å². The first-order valence-corrected chi connectivity index (χ1v) is 4.90. The molecule has 0 fully saturated rings. The Labute approximate surface area is 83.9 Å². The summed E-state index contributed by atoms with van der Waals surface area (Å²) in [5.74, 6) is 0.0659. The van der Waals surface area contributed by atoms with E-state index in [1.807, 2.05) is 30.3 Å². The van der Waals surface area contributed by atoms with E-state index in [4.69, 9.17) is 0 Å². The minimum atomic E-state index is -0.229. The Morgan fingerprint density at radius 1 is 1.36 bits per heavy atom. The first kappa shape index (κ1) is 10.7. The van der Waals surface area contributed by atoms with Gasteiger partial charge in [-0.15, -0.1) is 0 Å². The highest BCUT2D eigenvalue weighted by molar-refractivity contribution is 5.19. The maximum absolute atomic E-state index is 10.5. The van der Waals surface area contributed by atoms with Crippen molar-refractivity contribution in [2.24, 2.45) is 0 Å². The summed E-state index contributed by atoms with van der Waals surface area (Å²) in [6.07, 6.45) is 1.86. The molecule has 0 N–H and O–H groups in total. The lowest BCUT2D eigenvalue weighted by atomic mass is 9.95. The van der Waals surface area contributed by atoms with Gasteiger partial charge in [0.05, 0.1) is 0 Å². The fraction of sp³-hybridized carbons (Fsp3) is 0.455. The second-order valence-corrected chi connectivity index (χ2v) is 3.41. The van der Waals surface area contributed by atoms with E-state index >= 15 is 0 Å². The lowest BCUT2D eigenvalue weighted by Crippen LogP contribution is -2.12. The van der Waals surface area contributed by atoms with Crippen molar-refractivity contribution in [3.63, 3.8) is 0 Å². The molecule has 0 amide bonds. The summed E-state index contributed by atoms with van der Waals surface area (Å²) in [5, 5.41) is 10.5. The monoisotopic (exact) mass is 193 g/mol. The second kappa shape index (κ2) is 5.37. The zero-order valence-corrected chi connectivity index (χ0v) is 8.35. The molecule has 1 rings (SSSR count). The number of hydrogen-bond acceptors (Lipinski definition) is 2. The Morgan fingerprint density at radius 2 is 2.00 bits per heavy atom. The van der Waals surface area contributed by atoms with E-state index in [1.165, 1.54) is 0 Å². The molecule has 3 heteroatoms. The van der Waals surface area contributed by atoms with Gasteiger partial charge >= 0.3 is 0 Å². The Kier molecular flexibility index (Phi) is 4.11. The van der Waals surface area contributed by atoms with Crippen LogP contribution in [0.1, 0.15) is 31.2 Å². The van der Waals surface area contributed by atoms with E-state index in [9.17, 15) is 10.1 Å². The molecule has 3 nitrogen and oxygen atoms in total. The normalized spacial score (nSPS) is 12.4. The van der Waals surface area contributed by atoms with Crippen LogP contribution in [-0.2, 0) is 0 Å². The van der Waals surface area contributed by atoms with Gasteiger partial charge in [-0.05, 0) is 12.0 Å². The number of nitrogens with zero attached hydrogens (tertiary/aromatic N) is 1. The summed E-state index contributed by atoms with van der Waals surface area (Å²) >= 11 is 0. The molecule has 0 bridgehead atoms. The minimum Gasteiger partial charge on any atom is -0.265 e. The van der Waals surface area contributed by atoms with Crippen LogP contribution in [0.5, 0.6) is 0 Å². The zero-order chi connectivity index (χ0) is 10.4. The topological polar surface area (TPSA) is 43.1 Å². The Morgan fingerprint density at radius 3 is 2.50 bits per heavy atom. The molecule has 1 aromatic rings. The van der Waals surface area contributed by atoms with Gasteiger partial charge in [-0.25, -0.2) is 0 Å². The molecular formula is C11H15NO2. The van der Waals surface area contributed by atoms with Crippen LogP contribution in [0, 0.1) is 10.1 Å². The molecule has 14 heavy (non-hydrogen) atoms. The van der Waals surface area contributed by atoms with Crippen LogP contribution >= 0.6 is 0 Å². The van der Waals surface area contributed by atoms with E-state index in [0.717, 1.165) is 18.4 Å². The van der Waals surface area contributed by atoms with Gasteiger partial charge in [-0.2, -0.15) is 0 Å². The minimum absolute atomic E-state index is 0.0395. The molecule has 0 aliphatic carbocycles. The van der Waals surface area contributed by atoms with Gasteiger partial charge in [0.1, 0.15) is 0 Å². The summed E-state index contributed by atoms with van der Waals surface area (Å²) in [6.45, 7) is 2.09. The first-order valence-electron chi connectivity index (χ1n) is 4.90. The highest BCUT2D eigenvalue weighted by atomic mass is 16.6. The Bertz CT molecular complexity index is 285. The fourth-order valence-corrected chi connectivity index (χ4v) is 1.62. The molecular weight excluding hydrogens is 178 g/mol. The Balaban J connectivity index is 2.72. The number of nitro groups is 1. The average Bonchev–Trinajstić information content (AvgIpc) is 2.18. The maximum atomic E-state index is 10.5. The van der Waals surface area contributed by atoms with Crippen molar-refractivity contribution in [3.05, 3.63) is 46.0 Å². The SMILES string of the molecule is CCC[C@@H](C[N+](=O)[O-])c1ccccc1. The van der Waals surface area contributed by atoms with Crippen LogP contribution in [0.2, 0.25) is 0 Å². The molecule has 1 atom stereocenters. The largest absolute Gasteiger partial charge is 0.265 e. The van der Waals surface area contributed by atoms with E-state index in [1.54, 1.807) is 0 Å². The molecule has 1 aromatic carbocycles. The van der Waals surface area contributed by atoms with Crippen LogP contribution in [0.3, 0.4) is 0 Å². The van der Waals surface area contributed by atoms with Crippen molar-refractivity contribution >= 4 is 0 Å². The number of hydrogen-bond donors (Lipinski definition) is 0. The molecule has 76 valence electrons. The summed E-state index contributed by atoms with van der Waals surface area (Å²) < 4.78 is 0. The predicted molar refractivity (Wildman–Crippen MR) is 56.0 cm³/mol. The van der Waals surface area contributed by atoms with Crippen molar-refractivity contribution in [3.8, 4) is 0 Å². The molecule has 0 aliphatic rings. The third-order valence-corrected chi connectivity index (χ3v) is 2.28. The lowest BCUT2D eigenvalue weighted by Gasteiger charge is -2.11.